The van der Waals surface area contributed by atoms with Crippen molar-refractivity contribution in [1.82, 2.24) is 14.8 Å². The van der Waals surface area contributed by atoms with Crippen molar-refractivity contribution >= 4 is 11.8 Å². The zero-order valence-electron chi connectivity index (χ0n) is 8.76. The molecule has 1 aliphatic rings. The van der Waals surface area contributed by atoms with Crippen molar-refractivity contribution in [3.8, 4) is 0 Å². The van der Waals surface area contributed by atoms with Gasteiger partial charge in [0.2, 0.25) is 0 Å². The van der Waals surface area contributed by atoms with Crippen molar-refractivity contribution in [2.24, 2.45) is 7.05 Å². The number of hydrogen-bond acceptors (Lipinski definition) is 4. The second-order valence-corrected chi connectivity index (χ2v) is 4.84. The van der Waals surface area contributed by atoms with Crippen LogP contribution in [0.5, 0.6) is 0 Å². The highest BCUT2D eigenvalue weighted by molar-refractivity contribution is 7.99. The van der Waals surface area contributed by atoms with Crippen molar-refractivity contribution in [3.05, 3.63) is 18.0 Å². The molecule has 1 aromatic rings. The largest absolute Gasteiger partial charge is 0.388 e. The Bertz CT molecular complexity index is 362. The quantitative estimate of drug-likeness (QED) is 0.792. The first kappa shape index (κ1) is 10.7. The molecular formula is C10H15N3OS. The van der Waals surface area contributed by atoms with Crippen LogP contribution in [0.15, 0.2) is 17.3 Å². The van der Waals surface area contributed by atoms with E-state index in [2.05, 4.69) is 22.3 Å². The highest BCUT2D eigenvalue weighted by Crippen LogP contribution is 2.28. The highest BCUT2D eigenvalue weighted by atomic mass is 32.2. The molecule has 1 N–H and O–H groups in total. The molecule has 0 aliphatic heterocycles. The second kappa shape index (κ2) is 4.81. The molecule has 0 radical (unpaired) electrons. The number of rotatable bonds is 3. The second-order valence-electron chi connectivity index (χ2n) is 3.63. The summed E-state index contributed by atoms with van der Waals surface area (Å²) >= 11 is 1.72. The Morgan fingerprint density at radius 1 is 1.60 bits per heavy atom. The highest BCUT2D eigenvalue weighted by Gasteiger charge is 2.15. The van der Waals surface area contributed by atoms with Gasteiger partial charge in [0.05, 0.1) is 0 Å². The van der Waals surface area contributed by atoms with Gasteiger partial charge in [-0.3, -0.25) is 0 Å². The van der Waals surface area contributed by atoms with Gasteiger partial charge in [-0.05, 0) is 19.3 Å². The van der Waals surface area contributed by atoms with Gasteiger partial charge in [-0.1, -0.05) is 23.9 Å². The van der Waals surface area contributed by atoms with Crippen LogP contribution in [0.1, 0.15) is 25.1 Å². The lowest BCUT2D eigenvalue weighted by atomic mass is 10.1. The summed E-state index contributed by atoms with van der Waals surface area (Å²) in [5, 5.41) is 18.4. The third kappa shape index (κ3) is 2.41. The Morgan fingerprint density at radius 3 is 3.07 bits per heavy atom. The number of aromatic nitrogens is 3. The molecule has 0 fully saturated rings. The van der Waals surface area contributed by atoms with E-state index in [-0.39, 0.29) is 6.61 Å². The summed E-state index contributed by atoms with van der Waals surface area (Å²) in [6.45, 7) is -0.0510. The monoisotopic (exact) mass is 225 g/mol. The van der Waals surface area contributed by atoms with Crippen LogP contribution in [-0.2, 0) is 13.7 Å². The van der Waals surface area contributed by atoms with Gasteiger partial charge in [-0.2, -0.15) is 0 Å². The molecule has 0 spiro atoms. The maximum Gasteiger partial charge on any atom is 0.191 e. The number of aliphatic hydroxyl groups excluding tert-OH is 1. The summed E-state index contributed by atoms with van der Waals surface area (Å²) in [7, 11) is 1.89. The molecule has 0 saturated carbocycles. The summed E-state index contributed by atoms with van der Waals surface area (Å²) in [5.74, 6) is 0.622. The van der Waals surface area contributed by atoms with Crippen LogP contribution in [0.4, 0.5) is 0 Å². The fourth-order valence-corrected chi connectivity index (χ4v) is 2.70. The first-order valence-corrected chi connectivity index (χ1v) is 6.01. The van der Waals surface area contributed by atoms with Gasteiger partial charge in [0.25, 0.3) is 0 Å². The van der Waals surface area contributed by atoms with E-state index in [4.69, 9.17) is 5.11 Å². The summed E-state index contributed by atoms with van der Waals surface area (Å²) in [5.41, 5.74) is 0. The minimum absolute atomic E-state index is 0.0510. The molecule has 0 saturated heterocycles. The Balaban J connectivity index is 2.06. The molecule has 1 unspecified atom stereocenters. The van der Waals surface area contributed by atoms with Crippen molar-refractivity contribution in [2.75, 3.05) is 0 Å². The molecule has 0 amide bonds. The third-order valence-electron chi connectivity index (χ3n) is 2.53. The van der Waals surface area contributed by atoms with Gasteiger partial charge in [-0.25, -0.2) is 0 Å². The first-order valence-electron chi connectivity index (χ1n) is 5.13. The van der Waals surface area contributed by atoms with E-state index in [0.29, 0.717) is 11.1 Å². The number of nitrogens with zero attached hydrogens (tertiary/aromatic N) is 3. The van der Waals surface area contributed by atoms with Gasteiger partial charge in [0, 0.05) is 12.3 Å². The lowest BCUT2D eigenvalue weighted by Crippen LogP contribution is -2.05. The zero-order valence-corrected chi connectivity index (χ0v) is 9.57. The van der Waals surface area contributed by atoms with E-state index in [1.54, 1.807) is 11.8 Å². The molecule has 4 nitrogen and oxygen atoms in total. The van der Waals surface area contributed by atoms with Gasteiger partial charge < -0.3 is 9.67 Å². The standard InChI is InChI=1S/C10H15N3OS/c1-13-9(7-14)11-12-10(13)15-8-5-3-2-4-6-8/h3,5,8,14H,2,4,6-7H2,1H3. The predicted octanol–water partition coefficient (Wildman–Crippen LogP) is 1.51. The van der Waals surface area contributed by atoms with E-state index >= 15 is 0 Å². The lowest BCUT2D eigenvalue weighted by Gasteiger charge is -2.14. The average Bonchev–Trinajstić information content (AvgIpc) is 2.62. The fourth-order valence-electron chi connectivity index (χ4n) is 1.60. The third-order valence-corrected chi connectivity index (χ3v) is 3.80. The van der Waals surface area contributed by atoms with Crippen LogP contribution in [0, 0.1) is 0 Å². The number of aliphatic hydroxyl groups is 1. The Labute approximate surface area is 93.4 Å². The lowest BCUT2D eigenvalue weighted by molar-refractivity contribution is 0.266. The summed E-state index contributed by atoms with van der Waals surface area (Å²) in [4.78, 5) is 0. The number of thioether (sulfide) groups is 1. The van der Waals surface area contributed by atoms with E-state index in [1.807, 2.05) is 11.6 Å². The molecule has 0 aromatic carbocycles. The van der Waals surface area contributed by atoms with Gasteiger partial charge >= 0.3 is 0 Å². The first-order chi connectivity index (χ1) is 7.31. The summed E-state index contributed by atoms with van der Waals surface area (Å²) in [6.07, 6.45) is 8.10. The Kier molecular flexibility index (Phi) is 3.43. The van der Waals surface area contributed by atoms with Gasteiger partial charge in [0.15, 0.2) is 11.0 Å². The van der Waals surface area contributed by atoms with Crippen molar-refractivity contribution in [3.63, 3.8) is 0 Å². The van der Waals surface area contributed by atoms with E-state index in [1.165, 1.54) is 19.3 Å². The molecular weight excluding hydrogens is 210 g/mol. The van der Waals surface area contributed by atoms with Gasteiger partial charge in [-0.15, -0.1) is 10.2 Å². The number of allylic oxidation sites excluding steroid dienone is 1. The molecule has 5 heteroatoms. The van der Waals surface area contributed by atoms with Crippen molar-refractivity contribution in [2.45, 2.75) is 36.3 Å². The fraction of sp³-hybridized carbons (Fsp3) is 0.600. The van der Waals surface area contributed by atoms with Crippen LogP contribution in [0.25, 0.3) is 0 Å². The summed E-state index contributed by atoms with van der Waals surface area (Å²) in [6, 6.07) is 0. The van der Waals surface area contributed by atoms with Crippen molar-refractivity contribution < 1.29 is 5.11 Å². The van der Waals surface area contributed by atoms with E-state index < -0.39 is 0 Å². The molecule has 1 aliphatic carbocycles. The molecule has 82 valence electrons. The van der Waals surface area contributed by atoms with Crippen molar-refractivity contribution in [1.29, 1.82) is 0 Å². The SMILES string of the molecule is Cn1c(CO)nnc1SC1C=CCCC1. The minimum Gasteiger partial charge on any atom is -0.388 e. The van der Waals surface area contributed by atoms with Crippen LogP contribution >= 0.6 is 11.8 Å². The molecule has 1 heterocycles. The minimum atomic E-state index is -0.0510. The molecule has 2 rings (SSSR count). The summed E-state index contributed by atoms with van der Waals surface area (Å²) < 4.78 is 1.85. The normalized spacial score (nSPS) is 20.8. The maximum absolute atomic E-state index is 8.99. The predicted molar refractivity (Wildman–Crippen MR) is 59.6 cm³/mol. The van der Waals surface area contributed by atoms with E-state index in [0.717, 1.165) is 5.16 Å². The van der Waals surface area contributed by atoms with Crippen LogP contribution in [0.2, 0.25) is 0 Å². The smallest absolute Gasteiger partial charge is 0.191 e. The van der Waals surface area contributed by atoms with Crippen LogP contribution in [-0.4, -0.2) is 25.1 Å². The van der Waals surface area contributed by atoms with Crippen LogP contribution < -0.4 is 0 Å². The topological polar surface area (TPSA) is 50.9 Å². The Morgan fingerprint density at radius 2 is 2.47 bits per heavy atom. The van der Waals surface area contributed by atoms with Gasteiger partial charge in [0.1, 0.15) is 6.61 Å². The Hall–Kier alpha value is -0.810. The van der Waals surface area contributed by atoms with E-state index in [9.17, 15) is 0 Å². The molecule has 15 heavy (non-hydrogen) atoms. The van der Waals surface area contributed by atoms with Crippen LogP contribution in [0.3, 0.4) is 0 Å². The maximum atomic E-state index is 8.99. The molecule has 1 aromatic heterocycles. The number of hydrogen-bond donors (Lipinski definition) is 1. The molecule has 1 atom stereocenters. The zero-order chi connectivity index (χ0) is 10.7. The molecule has 0 bridgehead atoms. The average molecular weight is 225 g/mol.